The van der Waals surface area contributed by atoms with E-state index in [9.17, 15) is 13.6 Å². The molecule has 11 heteroatoms. The molecule has 0 aromatic heterocycles. The average Bonchev–Trinajstić information content (AvgIpc) is 3.74. The number of hydrogen-bond acceptors (Lipinski definition) is 6. The van der Waals surface area contributed by atoms with E-state index in [1.165, 1.54) is 36.4 Å². The Kier molecular flexibility index (Phi) is 8.59. The van der Waals surface area contributed by atoms with E-state index in [1.807, 2.05) is 0 Å². The Morgan fingerprint density at radius 1 is 0.872 bits per heavy atom. The van der Waals surface area contributed by atoms with Crippen LogP contribution in [0, 0.1) is 23.0 Å². The fourth-order valence-corrected chi connectivity index (χ4v) is 6.81. The van der Waals surface area contributed by atoms with E-state index >= 15 is 13.2 Å². The molecule has 3 aromatic rings. The standard InChI is InChI=1S/C36H32F5NO5/c1-3-44-32(43)17-29-33(45-4-2)42-30-14-13-26(46-19-22-5-9-24(37)10-6-22)15-28(30)34-18-27(47-20-23-7-11-25(38)12-8-23)16-31(36(39,40)41)35(29,34)21-34/h5-16,18,29H,3-4,17,19-21H2,1-2H3. The lowest BCUT2D eigenvalue weighted by molar-refractivity contribution is -0.145. The summed E-state index contributed by atoms with van der Waals surface area (Å²) < 4.78 is 95.6. The van der Waals surface area contributed by atoms with E-state index in [2.05, 4.69) is 0 Å². The van der Waals surface area contributed by atoms with Crippen LogP contribution in [-0.2, 0) is 37.6 Å². The number of esters is 1. The van der Waals surface area contributed by atoms with Crippen molar-refractivity contribution in [3.63, 3.8) is 0 Å². The lowest BCUT2D eigenvalue weighted by atomic mass is 9.69. The quantitative estimate of drug-likeness (QED) is 0.162. The number of nitrogens with zero attached hydrogens (tertiary/aromatic N) is 1. The molecule has 6 nitrogen and oxygen atoms in total. The van der Waals surface area contributed by atoms with Gasteiger partial charge in [-0.3, -0.25) is 4.79 Å². The molecule has 3 unspecified atom stereocenters. The SMILES string of the molecule is CCOC(=O)CC1C(OCC)=Nc2ccc(OCc3ccc(F)cc3)cc2C23C=C(OCc4ccc(F)cc4)C=C(C(F)(F)F)C12C3. The summed E-state index contributed by atoms with van der Waals surface area (Å²) in [7, 11) is 0. The molecule has 1 heterocycles. The number of carbonyl (C=O) groups excluding carboxylic acids is 1. The number of allylic oxidation sites excluding steroid dienone is 3. The van der Waals surface area contributed by atoms with Crippen LogP contribution in [0.4, 0.5) is 27.6 Å². The minimum Gasteiger partial charge on any atom is -0.489 e. The summed E-state index contributed by atoms with van der Waals surface area (Å²) in [6, 6.07) is 16.2. The number of benzene rings is 3. The first-order valence-corrected chi connectivity index (χ1v) is 15.3. The molecule has 2 aliphatic carbocycles. The van der Waals surface area contributed by atoms with Gasteiger partial charge in [-0.1, -0.05) is 24.3 Å². The van der Waals surface area contributed by atoms with Crippen molar-refractivity contribution in [1.29, 1.82) is 0 Å². The molecule has 3 aliphatic rings. The van der Waals surface area contributed by atoms with Gasteiger partial charge in [0.2, 0.25) is 0 Å². The highest BCUT2D eigenvalue weighted by molar-refractivity contribution is 5.91. The first-order valence-electron chi connectivity index (χ1n) is 15.3. The molecule has 47 heavy (non-hydrogen) atoms. The predicted molar refractivity (Wildman–Crippen MR) is 163 cm³/mol. The molecule has 0 radical (unpaired) electrons. The van der Waals surface area contributed by atoms with Crippen LogP contribution in [0.25, 0.3) is 0 Å². The summed E-state index contributed by atoms with van der Waals surface area (Å²) in [5.41, 5.74) is -1.76. The number of hydrogen-bond donors (Lipinski definition) is 0. The van der Waals surface area contributed by atoms with Crippen LogP contribution >= 0.6 is 0 Å². The molecule has 6 rings (SSSR count). The smallest absolute Gasteiger partial charge is 0.413 e. The average molecular weight is 654 g/mol. The van der Waals surface area contributed by atoms with Gasteiger partial charge >= 0.3 is 12.1 Å². The van der Waals surface area contributed by atoms with E-state index in [0.29, 0.717) is 28.1 Å². The molecule has 3 aromatic carbocycles. The summed E-state index contributed by atoms with van der Waals surface area (Å²) in [4.78, 5) is 17.7. The van der Waals surface area contributed by atoms with Crippen LogP contribution in [0.15, 0.2) is 95.2 Å². The maximum atomic E-state index is 15.2. The Balaban J connectivity index is 1.47. The normalized spacial score (nSPS) is 22.7. The Labute approximate surface area is 268 Å². The molecule has 0 amide bonds. The second kappa shape index (κ2) is 12.5. The molecule has 0 bridgehead atoms. The number of halogens is 5. The number of alkyl halides is 3. The molecular weight excluding hydrogens is 621 g/mol. The van der Waals surface area contributed by atoms with Crippen molar-refractivity contribution in [2.45, 2.75) is 51.5 Å². The van der Waals surface area contributed by atoms with Gasteiger partial charge in [-0.05, 0) is 91.6 Å². The third-order valence-corrected chi connectivity index (χ3v) is 8.87. The summed E-state index contributed by atoms with van der Waals surface area (Å²) in [6.45, 7) is 3.48. The van der Waals surface area contributed by atoms with E-state index in [-0.39, 0.29) is 50.9 Å². The number of rotatable bonds is 10. The molecule has 0 N–H and O–H groups in total. The fraction of sp³-hybridized carbons (Fsp3) is 0.333. The van der Waals surface area contributed by atoms with Crippen LogP contribution in [0.2, 0.25) is 0 Å². The van der Waals surface area contributed by atoms with Crippen molar-refractivity contribution >= 4 is 17.6 Å². The van der Waals surface area contributed by atoms with E-state index < -0.39 is 46.1 Å². The van der Waals surface area contributed by atoms with E-state index in [0.717, 1.165) is 6.08 Å². The van der Waals surface area contributed by atoms with Crippen LogP contribution < -0.4 is 4.74 Å². The molecule has 1 fully saturated rings. The van der Waals surface area contributed by atoms with Crippen LogP contribution in [0.1, 0.15) is 43.4 Å². The highest BCUT2D eigenvalue weighted by atomic mass is 19.4. The molecule has 246 valence electrons. The number of ether oxygens (including phenoxy) is 4. The monoisotopic (exact) mass is 653 g/mol. The highest BCUT2D eigenvalue weighted by Crippen LogP contribution is 2.79. The van der Waals surface area contributed by atoms with Gasteiger partial charge in [0.25, 0.3) is 0 Å². The van der Waals surface area contributed by atoms with Crippen molar-refractivity contribution in [3.8, 4) is 5.75 Å². The highest BCUT2D eigenvalue weighted by Gasteiger charge is 2.79. The van der Waals surface area contributed by atoms with Gasteiger partial charge in [0.15, 0.2) is 5.90 Å². The summed E-state index contributed by atoms with van der Waals surface area (Å²) in [5.74, 6) is -2.26. The van der Waals surface area contributed by atoms with Gasteiger partial charge in [-0.15, -0.1) is 0 Å². The molecule has 1 saturated carbocycles. The molecule has 3 atom stereocenters. The Morgan fingerprint density at radius 3 is 2.11 bits per heavy atom. The molecular formula is C36H32F5NO5. The number of fused-ring (bicyclic) bond motifs is 1. The Bertz CT molecular complexity index is 1750. The second-order valence-electron chi connectivity index (χ2n) is 11.7. The zero-order chi connectivity index (χ0) is 33.4. The van der Waals surface area contributed by atoms with Gasteiger partial charge in [-0.25, -0.2) is 13.8 Å². The first-order chi connectivity index (χ1) is 22.5. The van der Waals surface area contributed by atoms with E-state index in [4.69, 9.17) is 23.9 Å². The molecule has 0 spiro atoms. The summed E-state index contributed by atoms with van der Waals surface area (Å²) in [5, 5.41) is 0. The Hall–Kier alpha value is -4.67. The lowest BCUT2D eigenvalue weighted by Gasteiger charge is -2.36. The van der Waals surface area contributed by atoms with Crippen LogP contribution in [0.5, 0.6) is 5.75 Å². The maximum Gasteiger partial charge on any atom is 0.413 e. The Morgan fingerprint density at radius 2 is 1.51 bits per heavy atom. The second-order valence-corrected chi connectivity index (χ2v) is 11.7. The van der Waals surface area contributed by atoms with E-state index in [1.54, 1.807) is 50.3 Å². The van der Waals surface area contributed by atoms with Gasteiger partial charge in [-0.2, -0.15) is 13.2 Å². The number of aliphatic imine (C=N–C) groups is 1. The lowest BCUT2D eigenvalue weighted by Crippen LogP contribution is -2.40. The zero-order valence-corrected chi connectivity index (χ0v) is 25.7. The van der Waals surface area contributed by atoms with Crippen molar-refractivity contribution < 1.29 is 45.7 Å². The minimum absolute atomic E-state index is 0.0142. The van der Waals surface area contributed by atoms with Gasteiger partial charge in [0.05, 0.1) is 31.2 Å². The first kappa shape index (κ1) is 32.3. The third-order valence-electron chi connectivity index (χ3n) is 8.87. The van der Waals surface area contributed by atoms with Crippen molar-refractivity contribution in [2.24, 2.45) is 16.3 Å². The summed E-state index contributed by atoms with van der Waals surface area (Å²) in [6.07, 6.45) is -2.57. The maximum absolute atomic E-state index is 15.2. The largest absolute Gasteiger partial charge is 0.489 e. The molecule has 0 saturated heterocycles. The molecule has 1 aliphatic heterocycles. The topological polar surface area (TPSA) is 66.4 Å². The number of carbonyl (C=O) groups is 1. The third kappa shape index (κ3) is 6.11. The summed E-state index contributed by atoms with van der Waals surface area (Å²) >= 11 is 0. The fourth-order valence-electron chi connectivity index (χ4n) is 6.81. The van der Waals surface area contributed by atoms with Crippen molar-refractivity contribution in [2.75, 3.05) is 13.2 Å². The zero-order valence-electron chi connectivity index (χ0n) is 25.7. The van der Waals surface area contributed by atoms with Crippen LogP contribution in [0.3, 0.4) is 0 Å². The van der Waals surface area contributed by atoms with Gasteiger partial charge < -0.3 is 18.9 Å². The predicted octanol–water partition coefficient (Wildman–Crippen LogP) is 8.42. The minimum atomic E-state index is -4.81. The van der Waals surface area contributed by atoms with Crippen molar-refractivity contribution in [3.05, 3.63) is 119 Å². The van der Waals surface area contributed by atoms with Crippen molar-refractivity contribution in [1.82, 2.24) is 0 Å². The van der Waals surface area contributed by atoms with Crippen LogP contribution in [-0.4, -0.2) is 31.3 Å². The van der Waals surface area contributed by atoms with Gasteiger partial charge in [0, 0.05) is 16.4 Å². The van der Waals surface area contributed by atoms with Gasteiger partial charge in [0.1, 0.15) is 36.4 Å².